The molecule has 0 radical (unpaired) electrons. The van der Waals surface area contributed by atoms with Gasteiger partial charge in [0.1, 0.15) is 4.64 Å². The Morgan fingerprint density at radius 1 is 1.09 bits per heavy atom. The van der Waals surface area contributed by atoms with Gasteiger partial charge in [-0.05, 0) is 12.2 Å². The maximum atomic E-state index is 4.93. The first kappa shape index (κ1) is 6.62. The average Bonchev–Trinajstić information content (AvgIpc) is 2.34. The van der Waals surface area contributed by atoms with E-state index in [1.54, 1.807) is 0 Å². The van der Waals surface area contributed by atoms with Crippen LogP contribution in [0.1, 0.15) is 0 Å². The van der Waals surface area contributed by atoms with Gasteiger partial charge in [0.15, 0.2) is 15.9 Å². The van der Waals surface area contributed by atoms with E-state index in [9.17, 15) is 0 Å². The van der Waals surface area contributed by atoms with Crippen molar-refractivity contribution in [1.82, 2.24) is 25.4 Å². The summed E-state index contributed by atoms with van der Waals surface area (Å²) in [6, 6.07) is 0. The number of H-pyrrole nitrogens is 3. The number of nitrogens with one attached hydrogen (secondary N) is 3. The first-order chi connectivity index (χ1) is 5.27. The smallest absolute Gasteiger partial charge is 0.185 e. The highest BCUT2D eigenvalue weighted by Gasteiger charge is 1.97. The second-order valence-electron chi connectivity index (χ2n) is 1.93. The summed E-state index contributed by atoms with van der Waals surface area (Å²) in [4.78, 5) is 5.55. The summed E-state index contributed by atoms with van der Waals surface area (Å²) in [5.41, 5.74) is 1.19. The standard InChI is InChI=1S/C4H3N5S2/c10-3-1-2(8-9-7-1)5-4(11)6-3/h(H3,5,6,7,8,9,10,11). The Morgan fingerprint density at radius 2 is 1.91 bits per heavy atom. The maximum Gasteiger partial charge on any atom is 0.185 e. The largest absolute Gasteiger partial charge is 0.322 e. The minimum Gasteiger partial charge on any atom is -0.322 e. The van der Waals surface area contributed by atoms with Crippen molar-refractivity contribution < 1.29 is 0 Å². The third-order valence-electron chi connectivity index (χ3n) is 1.22. The van der Waals surface area contributed by atoms with Crippen LogP contribution in [-0.4, -0.2) is 25.4 Å². The van der Waals surface area contributed by atoms with Gasteiger partial charge in [0, 0.05) is 0 Å². The quantitative estimate of drug-likeness (QED) is 0.537. The molecule has 5 nitrogen and oxygen atoms in total. The highest BCUT2D eigenvalue weighted by molar-refractivity contribution is 7.72. The van der Waals surface area contributed by atoms with E-state index < -0.39 is 0 Å². The molecule has 0 aliphatic heterocycles. The number of hydrogen-bond donors (Lipinski definition) is 3. The first-order valence-electron chi connectivity index (χ1n) is 2.80. The lowest BCUT2D eigenvalue weighted by Crippen LogP contribution is -1.83. The van der Waals surface area contributed by atoms with Crippen molar-refractivity contribution in [2.24, 2.45) is 0 Å². The molecular formula is C4H3N5S2. The highest BCUT2D eigenvalue weighted by atomic mass is 32.1. The number of aromatic amines is 3. The molecule has 0 aliphatic rings. The normalized spacial score (nSPS) is 10.5. The van der Waals surface area contributed by atoms with E-state index in [-0.39, 0.29) is 0 Å². The van der Waals surface area contributed by atoms with E-state index >= 15 is 0 Å². The van der Waals surface area contributed by atoms with E-state index in [0.29, 0.717) is 20.6 Å². The summed E-state index contributed by atoms with van der Waals surface area (Å²) in [6.07, 6.45) is 0. The van der Waals surface area contributed by atoms with Crippen LogP contribution in [0.3, 0.4) is 0 Å². The number of aromatic nitrogens is 5. The molecule has 0 unspecified atom stereocenters. The van der Waals surface area contributed by atoms with Crippen LogP contribution in [0, 0.1) is 9.41 Å². The lowest BCUT2D eigenvalue weighted by molar-refractivity contribution is 0.954. The molecular weight excluding hydrogens is 182 g/mol. The van der Waals surface area contributed by atoms with Crippen LogP contribution in [0.15, 0.2) is 0 Å². The molecule has 0 spiro atoms. The summed E-state index contributed by atoms with van der Waals surface area (Å²) in [6.45, 7) is 0. The number of rotatable bonds is 0. The van der Waals surface area contributed by atoms with Gasteiger partial charge in [-0.2, -0.15) is 10.3 Å². The Bertz CT molecular complexity index is 491. The summed E-state index contributed by atoms with van der Waals surface area (Å²) in [5, 5.41) is 10.0. The molecule has 3 N–H and O–H groups in total. The monoisotopic (exact) mass is 185 g/mol. The van der Waals surface area contributed by atoms with Crippen molar-refractivity contribution in [3.8, 4) is 0 Å². The summed E-state index contributed by atoms with van der Waals surface area (Å²) in [7, 11) is 0. The zero-order valence-electron chi connectivity index (χ0n) is 5.21. The second kappa shape index (κ2) is 2.21. The molecule has 2 heterocycles. The van der Waals surface area contributed by atoms with Crippen LogP contribution in [0.5, 0.6) is 0 Å². The molecule has 2 aromatic rings. The molecule has 0 atom stereocenters. The Kier molecular flexibility index (Phi) is 1.33. The predicted octanol–water partition coefficient (Wildman–Crippen LogP) is 1.07. The van der Waals surface area contributed by atoms with Crippen LogP contribution < -0.4 is 0 Å². The molecule has 56 valence electrons. The Morgan fingerprint density at radius 3 is 2.73 bits per heavy atom. The number of fused-ring (bicyclic) bond motifs is 1. The fourth-order valence-electron chi connectivity index (χ4n) is 0.777. The first-order valence-corrected chi connectivity index (χ1v) is 3.62. The van der Waals surface area contributed by atoms with Crippen molar-refractivity contribution in [1.29, 1.82) is 0 Å². The van der Waals surface area contributed by atoms with Crippen molar-refractivity contribution >= 4 is 35.6 Å². The highest BCUT2D eigenvalue weighted by Crippen LogP contribution is 2.02. The molecule has 2 rings (SSSR count). The number of nitrogens with zero attached hydrogens (tertiary/aromatic N) is 2. The van der Waals surface area contributed by atoms with Crippen LogP contribution in [0.2, 0.25) is 0 Å². The summed E-state index contributed by atoms with van der Waals surface area (Å²) in [5.74, 6) is 0. The van der Waals surface area contributed by atoms with Crippen LogP contribution in [-0.2, 0) is 0 Å². The van der Waals surface area contributed by atoms with Crippen molar-refractivity contribution in [2.45, 2.75) is 0 Å². The van der Waals surface area contributed by atoms with Gasteiger partial charge >= 0.3 is 0 Å². The van der Waals surface area contributed by atoms with Crippen molar-refractivity contribution in [3.05, 3.63) is 9.41 Å². The van der Waals surface area contributed by atoms with Crippen molar-refractivity contribution in [3.63, 3.8) is 0 Å². The van der Waals surface area contributed by atoms with Gasteiger partial charge in [0.2, 0.25) is 0 Å². The van der Waals surface area contributed by atoms with Crippen LogP contribution in [0.4, 0.5) is 0 Å². The van der Waals surface area contributed by atoms with Gasteiger partial charge in [0.05, 0.1) is 0 Å². The molecule has 0 aliphatic carbocycles. The zero-order valence-corrected chi connectivity index (χ0v) is 6.84. The summed E-state index contributed by atoms with van der Waals surface area (Å²) >= 11 is 9.76. The fraction of sp³-hybridized carbons (Fsp3) is 0. The van der Waals surface area contributed by atoms with Gasteiger partial charge in [-0.25, -0.2) is 0 Å². The average molecular weight is 185 g/mol. The predicted molar refractivity (Wildman–Crippen MR) is 44.3 cm³/mol. The van der Waals surface area contributed by atoms with E-state index in [2.05, 4.69) is 25.4 Å². The van der Waals surface area contributed by atoms with Crippen LogP contribution >= 0.6 is 24.4 Å². The van der Waals surface area contributed by atoms with Gasteiger partial charge < -0.3 is 9.97 Å². The van der Waals surface area contributed by atoms with E-state index in [1.165, 1.54) is 0 Å². The minimum absolute atomic E-state index is 0.455. The minimum atomic E-state index is 0.455. The molecule has 11 heavy (non-hydrogen) atoms. The van der Waals surface area contributed by atoms with Gasteiger partial charge in [-0.3, -0.25) is 0 Å². The lowest BCUT2D eigenvalue weighted by Gasteiger charge is -1.85. The molecule has 7 heteroatoms. The van der Waals surface area contributed by atoms with E-state index in [4.69, 9.17) is 24.4 Å². The molecule has 0 aromatic carbocycles. The number of hydrogen-bond acceptors (Lipinski definition) is 4. The Labute approximate surface area is 70.9 Å². The molecule has 0 saturated carbocycles. The molecule has 0 bridgehead atoms. The molecule has 2 aromatic heterocycles. The third kappa shape index (κ3) is 0.976. The van der Waals surface area contributed by atoms with Crippen molar-refractivity contribution in [2.75, 3.05) is 0 Å². The zero-order chi connectivity index (χ0) is 7.84. The van der Waals surface area contributed by atoms with Gasteiger partial charge in [-0.15, -0.1) is 5.10 Å². The van der Waals surface area contributed by atoms with Crippen LogP contribution in [0.25, 0.3) is 11.2 Å². The van der Waals surface area contributed by atoms with Gasteiger partial charge in [-0.1, -0.05) is 12.2 Å². The second-order valence-corrected chi connectivity index (χ2v) is 2.75. The summed E-state index contributed by atoms with van der Waals surface area (Å²) < 4.78 is 0.953. The third-order valence-corrected chi connectivity index (χ3v) is 1.72. The Hall–Kier alpha value is -1.08. The topological polar surface area (TPSA) is 73.2 Å². The SMILES string of the molecule is S=c1[nH]c(=S)c2n[nH]nc2[nH]1. The molecule has 0 fully saturated rings. The van der Waals surface area contributed by atoms with Gasteiger partial charge in [0.25, 0.3) is 0 Å². The maximum absolute atomic E-state index is 4.93. The molecule has 0 amide bonds. The van der Waals surface area contributed by atoms with E-state index in [0.717, 1.165) is 0 Å². The molecule has 0 saturated heterocycles. The Balaban J connectivity index is 3.15. The lowest BCUT2D eigenvalue weighted by atomic mass is 10.6. The van der Waals surface area contributed by atoms with E-state index in [1.807, 2.05) is 0 Å². The fourth-order valence-corrected chi connectivity index (χ4v) is 1.29.